The molecule has 0 aliphatic heterocycles. The third-order valence-electron chi connectivity index (χ3n) is 2.31. The molecule has 0 aromatic heterocycles. The van der Waals surface area contributed by atoms with Gasteiger partial charge < -0.3 is 14.9 Å². The summed E-state index contributed by atoms with van der Waals surface area (Å²) in [5.74, 6) is -0.630. The summed E-state index contributed by atoms with van der Waals surface area (Å²) in [5, 5.41) is 27.6. The van der Waals surface area contributed by atoms with Gasteiger partial charge in [0.1, 0.15) is 5.75 Å². The Kier molecular flexibility index (Phi) is 4.49. The van der Waals surface area contributed by atoms with Crippen molar-refractivity contribution in [2.45, 2.75) is 20.0 Å². The van der Waals surface area contributed by atoms with Crippen LogP contribution < -0.4 is 0 Å². The summed E-state index contributed by atoms with van der Waals surface area (Å²) in [4.78, 5) is 11.4. The monoisotopic (exact) mass is 235 g/mol. The Bertz CT molecular complexity index is 462. The van der Waals surface area contributed by atoms with E-state index < -0.39 is 12.6 Å². The van der Waals surface area contributed by atoms with Crippen molar-refractivity contribution in [1.82, 2.24) is 0 Å². The molecular weight excluding hydrogens is 222 g/mol. The van der Waals surface area contributed by atoms with Crippen molar-refractivity contribution >= 4 is 5.97 Å². The quantitative estimate of drug-likeness (QED) is 0.755. The minimum absolute atomic E-state index is 0.134. The lowest BCUT2D eigenvalue weighted by atomic mass is 9.98. The summed E-state index contributed by atoms with van der Waals surface area (Å²) >= 11 is 0. The number of benzene rings is 1. The standard InChI is InChI=1S/C12H13NO4/c1-2-17-12(16)5-9-8(6-13)3-4-11(15)10(9)7-14/h3-4,14-15H,2,5,7H2,1H3. The largest absolute Gasteiger partial charge is 0.508 e. The Morgan fingerprint density at radius 3 is 2.71 bits per heavy atom. The lowest BCUT2D eigenvalue weighted by Crippen LogP contribution is -2.11. The molecule has 5 nitrogen and oxygen atoms in total. The third-order valence-corrected chi connectivity index (χ3v) is 2.31. The van der Waals surface area contributed by atoms with Crippen molar-refractivity contribution in [3.63, 3.8) is 0 Å². The molecule has 0 aliphatic carbocycles. The van der Waals surface area contributed by atoms with Crippen LogP contribution in [0.4, 0.5) is 0 Å². The number of phenols is 1. The predicted octanol–water partition coefficient (Wildman–Crippen LogP) is 0.862. The minimum atomic E-state index is -0.496. The molecule has 0 atom stereocenters. The van der Waals surface area contributed by atoms with Gasteiger partial charge in [0.05, 0.1) is 31.3 Å². The van der Waals surface area contributed by atoms with Crippen LogP contribution in [0.2, 0.25) is 0 Å². The fourth-order valence-corrected chi connectivity index (χ4v) is 1.52. The van der Waals surface area contributed by atoms with E-state index in [2.05, 4.69) is 0 Å². The molecular formula is C12H13NO4. The summed E-state index contributed by atoms with van der Waals surface area (Å²) in [5.41, 5.74) is 0.755. The van der Waals surface area contributed by atoms with Gasteiger partial charge in [0.2, 0.25) is 0 Å². The zero-order chi connectivity index (χ0) is 12.8. The molecule has 1 aromatic carbocycles. The Morgan fingerprint density at radius 1 is 1.47 bits per heavy atom. The van der Waals surface area contributed by atoms with Gasteiger partial charge in [-0.2, -0.15) is 5.26 Å². The third kappa shape index (κ3) is 2.95. The lowest BCUT2D eigenvalue weighted by molar-refractivity contribution is -0.142. The van der Waals surface area contributed by atoms with Gasteiger partial charge in [-0.1, -0.05) is 0 Å². The number of carbonyl (C=O) groups excluding carboxylic acids is 1. The molecule has 0 aliphatic rings. The fourth-order valence-electron chi connectivity index (χ4n) is 1.52. The Hall–Kier alpha value is -2.06. The minimum Gasteiger partial charge on any atom is -0.508 e. The molecule has 1 aromatic rings. The van der Waals surface area contributed by atoms with Crippen LogP contribution in [-0.4, -0.2) is 22.8 Å². The first-order chi connectivity index (χ1) is 8.13. The molecule has 5 heteroatoms. The number of rotatable bonds is 4. The second-order valence-corrected chi connectivity index (χ2v) is 3.34. The first-order valence-electron chi connectivity index (χ1n) is 5.14. The van der Waals surface area contributed by atoms with E-state index in [1.165, 1.54) is 12.1 Å². The van der Waals surface area contributed by atoms with Gasteiger partial charge in [0.25, 0.3) is 0 Å². The van der Waals surface area contributed by atoms with Crippen molar-refractivity contribution in [2.75, 3.05) is 6.61 Å². The zero-order valence-corrected chi connectivity index (χ0v) is 9.43. The molecule has 0 saturated carbocycles. The number of carbonyl (C=O) groups is 1. The molecule has 0 heterocycles. The Labute approximate surface area is 98.9 Å². The topological polar surface area (TPSA) is 90.6 Å². The first-order valence-corrected chi connectivity index (χ1v) is 5.14. The van der Waals surface area contributed by atoms with Crippen molar-refractivity contribution in [3.8, 4) is 11.8 Å². The van der Waals surface area contributed by atoms with Crippen molar-refractivity contribution in [3.05, 3.63) is 28.8 Å². The number of aliphatic hydroxyl groups is 1. The van der Waals surface area contributed by atoms with E-state index >= 15 is 0 Å². The summed E-state index contributed by atoms with van der Waals surface area (Å²) in [6.45, 7) is 1.49. The maximum atomic E-state index is 11.4. The SMILES string of the molecule is CCOC(=O)Cc1c(C#N)ccc(O)c1CO. The van der Waals surface area contributed by atoms with Gasteiger partial charge in [-0.15, -0.1) is 0 Å². The number of ether oxygens (including phenoxy) is 1. The van der Waals surface area contributed by atoms with E-state index in [0.29, 0.717) is 5.56 Å². The summed E-state index contributed by atoms with van der Waals surface area (Å²) in [7, 11) is 0. The van der Waals surface area contributed by atoms with Crippen LogP contribution in [0.25, 0.3) is 0 Å². The van der Waals surface area contributed by atoms with E-state index in [9.17, 15) is 9.90 Å². The first kappa shape index (κ1) is 13.0. The van der Waals surface area contributed by atoms with Gasteiger partial charge in [-0.25, -0.2) is 0 Å². The predicted molar refractivity (Wildman–Crippen MR) is 59.1 cm³/mol. The van der Waals surface area contributed by atoms with Crippen LogP contribution >= 0.6 is 0 Å². The number of aromatic hydroxyl groups is 1. The second-order valence-electron chi connectivity index (χ2n) is 3.34. The molecule has 17 heavy (non-hydrogen) atoms. The number of hydrogen-bond acceptors (Lipinski definition) is 5. The molecule has 0 fully saturated rings. The van der Waals surface area contributed by atoms with Gasteiger partial charge in [-0.3, -0.25) is 4.79 Å². The average Bonchev–Trinajstić information content (AvgIpc) is 2.30. The average molecular weight is 235 g/mol. The maximum absolute atomic E-state index is 11.4. The van der Waals surface area contributed by atoms with E-state index in [-0.39, 0.29) is 29.9 Å². The van der Waals surface area contributed by atoms with Crippen LogP contribution in [0.3, 0.4) is 0 Å². The lowest BCUT2D eigenvalue weighted by Gasteiger charge is -2.10. The Morgan fingerprint density at radius 2 is 2.18 bits per heavy atom. The summed E-state index contributed by atoms with van der Waals surface area (Å²) < 4.78 is 4.77. The number of nitrogens with zero attached hydrogens (tertiary/aromatic N) is 1. The van der Waals surface area contributed by atoms with Crippen molar-refractivity contribution in [2.24, 2.45) is 0 Å². The highest BCUT2D eigenvalue weighted by Crippen LogP contribution is 2.25. The molecule has 1 rings (SSSR count). The maximum Gasteiger partial charge on any atom is 0.310 e. The molecule has 0 bridgehead atoms. The van der Waals surface area contributed by atoms with Gasteiger partial charge in [-0.05, 0) is 24.6 Å². The molecule has 90 valence electrons. The number of aliphatic hydroxyl groups excluding tert-OH is 1. The molecule has 0 saturated heterocycles. The van der Waals surface area contributed by atoms with Gasteiger partial charge in [0.15, 0.2) is 0 Å². The van der Waals surface area contributed by atoms with E-state index in [0.717, 1.165) is 0 Å². The molecule has 0 radical (unpaired) electrons. The van der Waals surface area contributed by atoms with Crippen LogP contribution in [0.1, 0.15) is 23.6 Å². The highest BCUT2D eigenvalue weighted by molar-refractivity contribution is 5.74. The second kappa shape index (κ2) is 5.87. The smallest absolute Gasteiger partial charge is 0.310 e. The Balaban J connectivity index is 3.15. The van der Waals surface area contributed by atoms with E-state index in [4.69, 9.17) is 15.1 Å². The van der Waals surface area contributed by atoms with Crippen molar-refractivity contribution in [1.29, 1.82) is 5.26 Å². The molecule has 0 amide bonds. The normalized spacial score (nSPS) is 9.71. The van der Waals surface area contributed by atoms with Crippen LogP contribution in [-0.2, 0) is 22.6 Å². The van der Waals surface area contributed by atoms with Gasteiger partial charge >= 0.3 is 5.97 Å². The van der Waals surface area contributed by atoms with Crippen molar-refractivity contribution < 1.29 is 19.7 Å². The van der Waals surface area contributed by atoms with Crippen LogP contribution in [0, 0.1) is 11.3 Å². The number of nitriles is 1. The highest BCUT2D eigenvalue weighted by atomic mass is 16.5. The molecule has 0 spiro atoms. The molecule has 2 N–H and O–H groups in total. The van der Waals surface area contributed by atoms with Crippen LogP contribution in [0.15, 0.2) is 12.1 Å². The fraction of sp³-hybridized carbons (Fsp3) is 0.333. The van der Waals surface area contributed by atoms with Crippen LogP contribution in [0.5, 0.6) is 5.75 Å². The number of esters is 1. The van der Waals surface area contributed by atoms with Gasteiger partial charge in [0, 0.05) is 5.56 Å². The molecule has 0 unspecified atom stereocenters. The van der Waals surface area contributed by atoms with E-state index in [1.54, 1.807) is 6.92 Å². The number of hydrogen-bond donors (Lipinski definition) is 2. The van der Waals surface area contributed by atoms with E-state index in [1.807, 2.05) is 6.07 Å². The summed E-state index contributed by atoms with van der Waals surface area (Å²) in [6, 6.07) is 4.64. The highest BCUT2D eigenvalue weighted by Gasteiger charge is 2.16. The zero-order valence-electron chi connectivity index (χ0n) is 9.43. The summed E-state index contributed by atoms with van der Waals surface area (Å²) in [6.07, 6.45) is -0.138.